The van der Waals surface area contributed by atoms with Gasteiger partial charge in [-0.2, -0.15) is 5.26 Å². The number of Topliss-reactive ketones (excluding diaryl/α,β-unsaturated/α-hetero) is 1. The molecule has 0 bridgehead atoms. The van der Waals surface area contributed by atoms with Gasteiger partial charge in [-0.1, -0.05) is 15.9 Å². The third-order valence-electron chi connectivity index (χ3n) is 3.48. The first-order valence-corrected chi connectivity index (χ1v) is 7.14. The van der Waals surface area contributed by atoms with Crippen molar-refractivity contribution in [3.8, 4) is 6.07 Å². The molecule has 1 aliphatic carbocycles. The van der Waals surface area contributed by atoms with Crippen LogP contribution in [0.1, 0.15) is 25.0 Å². The van der Waals surface area contributed by atoms with Crippen LogP contribution >= 0.6 is 15.9 Å². The van der Waals surface area contributed by atoms with Gasteiger partial charge in [-0.25, -0.2) is 0 Å². The van der Waals surface area contributed by atoms with Crippen LogP contribution in [0.15, 0.2) is 28.2 Å². The molecule has 1 aromatic rings. The number of halogens is 1. The van der Waals surface area contributed by atoms with E-state index in [-0.39, 0.29) is 11.3 Å². The van der Waals surface area contributed by atoms with Gasteiger partial charge in [0.15, 0.2) is 5.78 Å². The van der Waals surface area contributed by atoms with Gasteiger partial charge in [0.1, 0.15) is 16.7 Å². The fourth-order valence-electron chi connectivity index (χ4n) is 2.32. The molecule has 0 unspecified atom stereocenters. The van der Waals surface area contributed by atoms with E-state index < -0.39 is 17.1 Å². The van der Waals surface area contributed by atoms with E-state index in [0.717, 1.165) is 0 Å². The number of carbonyl (C=O) groups is 2. The molecule has 0 spiro atoms. The molecular formula is C15H13BrN2O3. The number of nitriles is 1. The van der Waals surface area contributed by atoms with Crippen LogP contribution in [-0.4, -0.2) is 23.3 Å². The van der Waals surface area contributed by atoms with Crippen molar-refractivity contribution in [2.45, 2.75) is 19.3 Å². The average Bonchev–Trinajstić information content (AvgIpc) is 2.45. The minimum atomic E-state index is -1.51. The van der Waals surface area contributed by atoms with E-state index in [0.29, 0.717) is 22.1 Å². The predicted octanol–water partition coefficient (Wildman–Crippen LogP) is 2.22. The van der Waals surface area contributed by atoms with Crippen LogP contribution in [0.4, 0.5) is 0 Å². The zero-order valence-electron chi connectivity index (χ0n) is 11.5. The fraction of sp³-hybridized carbons (Fsp3) is 0.267. The highest BCUT2D eigenvalue weighted by molar-refractivity contribution is 9.10. The lowest BCUT2D eigenvalue weighted by molar-refractivity contribution is -0.124. The Morgan fingerprint density at radius 2 is 2.19 bits per heavy atom. The number of rotatable bonds is 2. The van der Waals surface area contributed by atoms with Gasteiger partial charge in [0.05, 0.1) is 6.07 Å². The van der Waals surface area contributed by atoms with Gasteiger partial charge in [-0.15, -0.1) is 0 Å². The summed E-state index contributed by atoms with van der Waals surface area (Å²) in [6, 6.07) is 6.84. The van der Waals surface area contributed by atoms with Gasteiger partial charge < -0.3 is 10.4 Å². The van der Waals surface area contributed by atoms with Gasteiger partial charge >= 0.3 is 0 Å². The summed E-state index contributed by atoms with van der Waals surface area (Å²) in [5.41, 5.74) is -1.17. The van der Waals surface area contributed by atoms with Gasteiger partial charge in [0.25, 0.3) is 5.91 Å². The molecule has 0 fully saturated rings. The van der Waals surface area contributed by atoms with Crippen LogP contribution in [0.3, 0.4) is 0 Å². The maximum atomic E-state index is 12.6. The Balaban J connectivity index is 2.77. The number of amides is 1. The number of aliphatic hydroxyl groups excluding tert-OH is 1. The smallest absolute Gasteiger partial charge is 0.258 e. The van der Waals surface area contributed by atoms with Crippen molar-refractivity contribution in [1.29, 1.82) is 5.26 Å². The zero-order chi connectivity index (χ0) is 15.8. The molecule has 1 aromatic carbocycles. The maximum absolute atomic E-state index is 12.6. The summed E-state index contributed by atoms with van der Waals surface area (Å²) in [4.78, 5) is 24.6. The van der Waals surface area contributed by atoms with Gasteiger partial charge in [-0.05, 0) is 37.6 Å². The second kappa shape index (κ2) is 5.34. The molecule has 0 heterocycles. The van der Waals surface area contributed by atoms with Crippen molar-refractivity contribution >= 4 is 33.4 Å². The minimum absolute atomic E-state index is 0.319. The van der Waals surface area contributed by atoms with Crippen molar-refractivity contribution in [1.82, 2.24) is 5.32 Å². The summed E-state index contributed by atoms with van der Waals surface area (Å²) < 4.78 is 0.685. The number of hydrogen-bond acceptors (Lipinski definition) is 4. The van der Waals surface area contributed by atoms with Crippen LogP contribution in [0.2, 0.25) is 0 Å². The standard InChI is InChI=1S/C15H13BrN2O3/c1-3-18-14(21)11-12(19)9-5-4-8(16)6-10(9)15(2,7-17)13(11)20/h4-6,19H,3H2,1-2H3,(H,18,21)/t15-/m0/s1. The van der Waals surface area contributed by atoms with Crippen molar-refractivity contribution in [2.75, 3.05) is 6.54 Å². The maximum Gasteiger partial charge on any atom is 0.258 e. The first kappa shape index (κ1) is 15.3. The lowest BCUT2D eigenvalue weighted by Crippen LogP contribution is -2.42. The molecule has 5 nitrogen and oxygen atoms in total. The molecule has 0 saturated carbocycles. The number of hydrogen-bond donors (Lipinski definition) is 2. The van der Waals surface area contributed by atoms with Crippen LogP contribution in [-0.2, 0) is 15.0 Å². The second-order valence-electron chi connectivity index (χ2n) is 4.84. The third-order valence-corrected chi connectivity index (χ3v) is 3.97. The summed E-state index contributed by atoms with van der Waals surface area (Å²) >= 11 is 3.28. The lowest BCUT2D eigenvalue weighted by Gasteiger charge is -2.29. The van der Waals surface area contributed by atoms with Gasteiger partial charge in [-0.3, -0.25) is 9.59 Å². The van der Waals surface area contributed by atoms with E-state index in [1.165, 1.54) is 6.92 Å². The number of carbonyl (C=O) groups excluding carboxylic acids is 2. The first-order chi connectivity index (χ1) is 9.86. The zero-order valence-corrected chi connectivity index (χ0v) is 13.1. The first-order valence-electron chi connectivity index (χ1n) is 6.34. The largest absolute Gasteiger partial charge is 0.506 e. The Morgan fingerprint density at radius 1 is 1.52 bits per heavy atom. The number of fused-ring (bicyclic) bond motifs is 1. The van der Waals surface area contributed by atoms with E-state index in [4.69, 9.17) is 0 Å². The minimum Gasteiger partial charge on any atom is -0.506 e. The number of nitrogens with one attached hydrogen (secondary N) is 1. The van der Waals surface area contributed by atoms with Crippen LogP contribution in [0.5, 0.6) is 0 Å². The molecule has 0 aromatic heterocycles. The Morgan fingerprint density at radius 3 is 2.76 bits per heavy atom. The molecule has 1 amide bonds. The van der Waals surface area contributed by atoms with E-state index in [1.807, 2.05) is 6.07 Å². The predicted molar refractivity (Wildman–Crippen MR) is 80.3 cm³/mol. The highest BCUT2D eigenvalue weighted by Crippen LogP contribution is 2.40. The average molecular weight is 349 g/mol. The Hall–Kier alpha value is -2.13. The summed E-state index contributed by atoms with van der Waals surface area (Å²) in [6.45, 7) is 3.48. The summed E-state index contributed by atoms with van der Waals surface area (Å²) in [6.07, 6.45) is 0. The number of nitrogens with zero attached hydrogens (tertiary/aromatic N) is 1. The number of benzene rings is 1. The van der Waals surface area contributed by atoms with Gasteiger partial charge in [0, 0.05) is 16.6 Å². The lowest BCUT2D eigenvalue weighted by atomic mass is 9.70. The van der Waals surface area contributed by atoms with Crippen LogP contribution in [0, 0.1) is 11.3 Å². The van der Waals surface area contributed by atoms with Crippen molar-refractivity contribution < 1.29 is 14.7 Å². The second-order valence-corrected chi connectivity index (χ2v) is 5.75. The molecule has 1 aliphatic rings. The third kappa shape index (κ3) is 2.24. The van der Waals surface area contributed by atoms with E-state index in [1.54, 1.807) is 25.1 Å². The monoisotopic (exact) mass is 348 g/mol. The molecular weight excluding hydrogens is 336 g/mol. The molecule has 0 aliphatic heterocycles. The highest BCUT2D eigenvalue weighted by Gasteiger charge is 2.46. The summed E-state index contributed by atoms with van der Waals surface area (Å²) in [5, 5.41) is 22.2. The van der Waals surface area contributed by atoms with Crippen molar-refractivity contribution in [3.05, 3.63) is 39.4 Å². The number of aliphatic hydroxyl groups is 1. The molecule has 21 heavy (non-hydrogen) atoms. The van der Waals surface area contributed by atoms with Crippen LogP contribution < -0.4 is 5.32 Å². The molecule has 0 radical (unpaired) electrons. The van der Waals surface area contributed by atoms with E-state index >= 15 is 0 Å². The Bertz CT molecular complexity index is 718. The van der Waals surface area contributed by atoms with Crippen molar-refractivity contribution in [2.24, 2.45) is 0 Å². The quantitative estimate of drug-likeness (QED) is 0.801. The van der Waals surface area contributed by atoms with Gasteiger partial charge in [0.2, 0.25) is 0 Å². The normalized spacial score (nSPS) is 20.8. The number of ketones is 1. The Labute approximate surface area is 130 Å². The molecule has 108 valence electrons. The number of likely N-dealkylation sites (N-methyl/N-ethyl adjacent to an activating group) is 1. The highest BCUT2D eigenvalue weighted by atomic mass is 79.9. The molecule has 1 atom stereocenters. The Kier molecular flexibility index (Phi) is 3.88. The SMILES string of the molecule is CCNC(=O)C1=C(O)c2ccc(Br)cc2[C@](C)(C#N)C1=O. The molecule has 0 saturated heterocycles. The summed E-state index contributed by atoms with van der Waals surface area (Å²) in [7, 11) is 0. The molecule has 2 rings (SSSR count). The van der Waals surface area contributed by atoms with Crippen LogP contribution in [0.25, 0.3) is 5.76 Å². The topological polar surface area (TPSA) is 90.2 Å². The molecule has 6 heteroatoms. The molecule has 2 N–H and O–H groups in total. The summed E-state index contributed by atoms with van der Waals surface area (Å²) in [5.74, 6) is -1.75. The van der Waals surface area contributed by atoms with E-state index in [9.17, 15) is 20.0 Å². The van der Waals surface area contributed by atoms with E-state index in [2.05, 4.69) is 21.2 Å². The fourth-order valence-corrected chi connectivity index (χ4v) is 2.68. The van der Waals surface area contributed by atoms with Crippen molar-refractivity contribution in [3.63, 3.8) is 0 Å².